The highest BCUT2D eigenvalue weighted by atomic mass is 32.2. The Hall–Kier alpha value is -2.13. The van der Waals surface area contributed by atoms with Gasteiger partial charge >= 0.3 is 5.69 Å². The predicted molar refractivity (Wildman–Crippen MR) is 81.3 cm³/mol. The summed E-state index contributed by atoms with van der Waals surface area (Å²) >= 11 is 2.88. The number of thiazole rings is 1. The number of hydrogen-bond acceptors (Lipinski definition) is 7. The van der Waals surface area contributed by atoms with Crippen LogP contribution in [0, 0.1) is 17.0 Å². The molecule has 1 aromatic carbocycles. The second-order valence-corrected chi connectivity index (χ2v) is 6.08. The van der Waals surface area contributed by atoms with E-state index in [4.69, 9.17) is 0 Å². The van der Waals surface area contributed by atoms with Gasteiger partial charge in [-0.25, -0.2) is 4.98 Å². The normalized spacial score (nSPS) is 10.4. The minimum Gasteiger partial charge on any atom is -0.502 e. The maximum Gasteiger partial charge on any atom is 0.310 e. The van der Waals surface area contributed by atoms with Crippen molar-refractivity contribution in [3.05, 3.63) is 39.6 Å². The van der Waals surface area contributed by atoms with Crippen LogP contribution in [0.15, 0.2) is 22.4 Å². The molecular formula is C12H11N3O4S2. The lowest BCUT2D eigenvalue weighted by Crippen LogP contribution is -2.11. The van der Waals surface area contributed by atoms with Crippen molar-refractivity contribution in [1.82, 2.24) is 4.98 Å². The van der Waals surface area contributed by atoms with Gasteiger partial charge in [0, 0.05) is 11.6 Å². The standard InChI is InChI=1S/C12H11N3O4S2/c1-6-11(20-2)21-12(13-6)14-10(17)7-3-4-8(15(18)19)9(16)5-7/h3-5,16H,1-2H3,(H,13,14,17). The first-order valence-corrected chi connectivity index (χ1v) is 7.76. The molecule has 0 unspecified atom stereocenters. The van der Waals surface area contributed by atoms with E-state index in [-0.39, 0.29) is 5.56 Å². The van der Waals surface area contributed by atoms with Gasteiger partial charge in [0.15, 0.2) is 10.9 Å². The number of thioether (sulfide) groups is 1. The van der Waals surface area contributed by atoms with E-state index in [2.05, 4.69) is 10.3 Å². The average Bonchev–Trinajstić information content (AvgIpc) is 2.78. The summed E-state index contributed by atoms with van der Waals surface area (Å²) in [4.78, 5) is 26.1. The zero-order valence-electron chi connectivity index (χ0n) is 11.1. The maximum atomic E-state index is 12.0. The molecule has 0 saturated carbocycles. The van der Waals surface area contributed by atoms with Crippen molar-refractivity contribution in [2.75, 3.05) is 11.6 Å². The monoisotopic (exact) mass is 325 g/mol. The van der Waals surface area contributed by atoms with Crippen LogP contribution in [0.25, 0.3) is 0 Å². The first-order chi connectivity index (χ1) is 9.92. The summed E-state index contributed by atoms with van der Waals surface area (Å²) in [7, 11) is 0. The fraction of sp³-hybridized carbons (Fsp3) is 0.167. The molecule has 0 radical (unpaired) electrons. The second kappa shape index (κ2) is 6.10. The molecule has 0 aliphatic rings. The van der Waals surface area contributed by atoms with Gasteiger partial charge in [-0.2, -0.15) is 0 Å². The number of nitrogens with one attached hydrogen (secondary N) is 1. The highest BCUT2D eigenvalue weighted by molar-refractivity contribution is 8.00. The molecule has 1 amide bonds. The highest BCUT2D eigenvalue weighted by Gasteiger charge is 2.17. The number of phenols is 1. The first-order valence-electron chi connectivity index (χ1n) is 5.72. The molecule has 9 heteroatoms. The van der Waals surface area contributed by atoms with Gasteiger partial charge in [0.1, 0.15) is 0 Å². The Morgan fingerprint density at radius 2 is 2.24 bits per heavy atom. The van der Waals surface area contributed by atoms with E-state index < -0.39 is 22.3 Å². The lowest BCUT2D eigenvalue weighted by molar-refractivity contribution is -0.385. The summed E-state index contributed by atoms with van der Waals surface area (Å²) in [6, 6.07) is 3.43. The van der Waals surface area contributed by atoms with Crippen LogP contribution in [0.1, 0.15) is 16.1 Å². The number of carbonyl (C=O) groups is 1. The lowest BCUT2D eigenvalue weighted by atomic mass is 10.2. The van der Waals surface area contributed by atoms with Gasteiger partial charge in [-0.3, -0.25) is 20.2 Å². The van der Waals surface area contributed by atoms with Crippen molar-refractivity contribution >= 4 is 39.8 Å². The van der Waals surface area contributed by atoms with Crippen LogP contribution in [0.5, 0.6) is 5.75 Å². The van der Waals surface area contributed by atoms with Gasteiger partial charge < -0.3 is 5.11 Å². The quantitative estimate of drug-likeness (QED) is 0.508. The molecule has 0 fully saturated rings. The molecule has 0 atom stereocenters. The van der Waals surface area contributed by atoms with Crippen molar-refractivity contribution < 1.29 is 14.8 Å². The lowest BCUT2D eigenvalue weighted by Gasteiger charge is -2.02. The number of hydrogen-bond donors (Lipinski definition) is 2. The molecule has 2 aromatic rings. The van der Waals surface area contributed by atoms with E-state index in [1.54, 1.807) is 0 Å². The minimum absolute atomic E-state index is 0.122. The third kappa shape index (κ3) is 3.31. The Morgan fingerprint density at radius 3 is 2.76 bits per heavy atom. The number of nitro benzene ring substituents is 1. The Labute approximate surface area is 128 Å². The average molecular weight is 325 g/mol. The number of nitro groups is 1. The highest BCUT2D eigenvalue weighted by Crippen LogP contribution is 2.31. The molecule has 0 bridgehead atoms. The van der Waals surface area contributed by atoms with Gasteiger partial charge in [-0.05, 0) is 25.3 Å². The molecule has 0 aliphatic heterocycles. The molecule has 0 spiro atoms. The SMILES string of the molecule is CSc1sc(NC(=O)c2ccc([N+](=O)[O-])c(O)c2)nc1C. The van der Waals surface area contributed by atoms with Crippen molar-refractivity contribution in [3.63, 3.8) is 0 Å². The number of rotatable bonds is 4. The molecule has 2 N–H and O–H groups in total. The van der Waals surface area contributed by atoms with Gasteiger partial charge in [-0.1, -0.05) is 11.3 Å². The van der Waals surface area contributed by atoms with Crippen LogP contribution in [0.2, 0.25) is 0 Å². The van der Waals surface area contributed by atoms with Gasteiger partial charge in [0.2, 0.25) is 0 Å². The third-order valence-corrected chi connectivity index (χ3v) is 4.88. The van der Waals surface area contributed by atoms with E-state index in [0.717, 1.165) is 22.0 Å². The number of anilines is 1. The van der Waals surface area contributed by atoms with Crippen molar-refractivity contribution in [3.8, 4) is 5.75 Å². The first kappa shape index (κ1) is 15.3. The van der Waals surface area contributed by atoms with E-state index >= 15 is 0 Å². The van der Waals surface area contributed by atoms with Crippen molar-refractivity contribution in [1.29, 1.82) is 0 Å². The van der Waals surface area contributed by atoms with Crippen LogP contribution in [-0.4, -0.2) is 27.2 Å². The van der Waals surface area contributed by atoms with Crippen LogP contribution < -0.4 is 5.32 Å². The number of benzene rings is 1. The second-order valence-electron chi connectivity index (χ2n) is 4.01. The summed E-state index contributed by atoms with van der Waals surface area (Å²) in [6.45, 7) is 1.84. The van der Waals surface area contributed by atoms with Crippen LogP contribution in [0.4, 0.5) is 10.8 Å². The molecule has 0 aliphatic carbocycles. The van der Waals surface area contributed by atoms with Gasteiger partial charge in [0.25, 0.3) is 5.91 Å². The number of aromatic hydroxyl groups is 1. The zero-order chi connectivity index (χ0) is 15.6. The van der Waals surface area contributed by atoms with Crippen molar-refractivity contribution in [2.45, 2.75) is 11.1 Å². The third-order valence-electron chi connectivity index (χ3n) is 2.59. The number of aromatic nitrogens is 1. The number of nitrogens with zero attached hydrogens (tertiary/aromatic N) is 2. The fourth-order valence-corrected chi connectivity index (χ4v) is 3.22. The van der Waals surface area contributed by atoms with Gasteiger partial charge in [-0.15, -0.1) is 11.8 Å². The molecule has 1 heterocycles. The molecule has 110 valence electrons. The summed E-state index contributed by atoms with van der Waals surface area (Å²) in [6.07, 6.45) is 1.92. The van der Waals surface area contributed by atoms with Crippen LogP contribution in [0.3, 0.4) is 0 Å². The number of phenolic OH excluding ortho intramolecular Hbond substituents is 1. The van der Waals surface area contributed by atoms with Gasteiger partial charge in [0.05, 0.1) is 14.8 Å². The van der Waals surface area contributed by atoms with E-state index in [9.17, 15) is 20.0 Å². The van der Waals surface area contributed by atoms with E-state index in [1.807, 2.05) is 13.2 Å². The van der Waals surface area contributed by atoms with Crippen molar-refractivity contribution in [2.24, 2.45) is 0 Å². The molecule has 0 saturated heterocycles. The Kier molecular flexibility index (Phi) is 4.43. The summed E-state index contributed by atoms with van der Waals surface area (Å²) in [5, 5.41) is 23.2. The largest absolute Gasteiger partial charge is 0.502 e. The molecule has 1 aromatic heterocycles. The summed E-state index contributed by atoms with van der Waals surface area (Å²) in [5.41, 5.74) is 0.507. The Bertz CT molecular complexity index is 715. The predicted octanol–water partition coefficient (Wildman–Crippen LogP) is 3.04. The molecular weight excluding hydrogens is 314 g/mol. The smallest absolute Gasteiger partial charge is 0.310 e. The summed E-state index contributed by atoms with van der Waals surface area (Å²) < 4.78 is 0.997. The number of amides is 1. The van der Waals surface area contributed by atoms with Crippen LogP contribution in [-0.2, 0) is 0 Å². The minimum atomic E-state index is -0.716. The summed E-state index contributed by atoms with van der Waals surface area (Å²) in [5.74, 6) is -1.03. The van der Waals surface area contributed by atoms with Crippen LogP contribution >= 0.6 is 23.1 Å². The molecule has 7 nitrogen and oxygen atoms in total. The maximum absolute atomic E-state index is 12.0. The number of carbonyl (C=O) groups excluding carboxylic acids is 1. The Balaban J connectivity index is 2.20. The fourth-order valence-electron chi connectivity index (χ4n) is 1.61. The van der Waals surface area contributed by atoms with E-state index in [0.29, 0.717) is 5.13 Å². The molecule has 21 heavy (non-hydrogen) atoms. The van der Waals surface area contributed by atoms with E-state index in [1.165, 1.54) is 29.2 Å². The number of aryl methyl sites for hydroxylation is 1. The Morgan fingerprint density at radius 1 is 1.52 bits per heavy atom. The topological polar surface area (TPSA) is 105 Å². The molecule has 2 rings (SSSR count). The zero-order valence-corrected chi connectivity index (χ0v) is 12.7.